The van der Waals surface area contributed by atoms with Crippen molar-refractivity contribution < 1.29 is 35.5 Å². The van der Waals surface area contributed by atoms with Crippen LogP contribution in [0.2, 0.25) is 5.02 Å². The van der Waals surface area contributed by atoms with Crippen molar-refractivity contribution >= 4 is 33.3 Å². The average molecular weight is 492 g/mol. The number of halogens is 5. The second-order valence-corrected chi connectivity index (χ2v) is 7.90. The van der Waals surface area contributed by atoms with Gasteiger partial charge in [-0.1, -0.05) is 17.7 Å². The lowest BCUT2D eigenvalue weighted by Gasteiger charge is -2.13. The van der Waals surface area contributed by atoms with Gasteiger partial charge in [0.15, 0.2) is 16.5 Å². The zero-order valence-corrected chi connectivity index (χ0v) is 17.0. The minimum absolute atomic E-state index is 0.123. The second kappa shape index (κ2) is 8.64. The normalized spacial score (nSPS) is 11.8. The average Bonchev–Trinajstić information content (AvgIpc) is 2.69. The Hall–Kier alpha value is -3.36. The SMILES string of the molecule is NS(=O)(=O)c1cccc(NC(=O)c2cc(C(F)(F)F)nnc2Oc2cc(F)ccc2Cl)n1. The maximum absolute atomic E-state index is 13.5. The highest BCUT2D eigenvalue weighted by Gasteiger charge is 2.35. The van der Waals surface area contributed by atoms with Crippen molar-refractivity contribution in [1.82, 2.24) is 15.2 Å². The van der Waals surface area contributed by atoms with E-state index in [4.69, 9.17) is 21.5 Å². The fourth-order valence-corrected chi connectivity index (χ4v) is 2.89. The quantitative estimate of drug-likeness (QED) is 0.522. The third-order valence-electron chi connectivity index (χ3n) is 3.65. The Balaban J connectivity index is 2.02. The van der Waals surface area contributed by atoms with E-state index in [0.29, 0.717) is 6.07 Å². The standard InChI is InChI=1S/C17H10ClF4N5O4S/c18-10-5-4-8(19)6-11(10)31-16-9(7-12(26-27-16)17(20,21)22)15(28)25-13-2-1-3-14(24-13)32(23,29)30/h1-7H,(H2,23,29,30)(H,24,25,28). The Morgan fingerprint density at radius 1 is 1.12 bits per heavy atom. The molecule has 15 heteroatoms. The van der Waals surface area contributed by atoms with Gasteiger partial charge in [-0.25, -0.2) is 22.9 Å². The number of anilines is 1. The Labute approximate surface area is 182 Å². The highest BCUT2D eigenvalue weighted by atomic mass is 35.5. The fourth-order valence-electron chi connectivity index (χ4n) is 2.24. The predicted octanol–water partition coefficient (Wildman–Crippen LogP) is 3.37. The minimum Gasteiger partial charge on any atom is -0.435 e. The lowest BCUT2D eigenvalue weighted by atomic mass is 10.2. The summed E-state index contributed by atoms with van der Waals surface area (Å²) < 4.78 is 80.8. The maximum Gasteiger partial charge on any atom is 0.435 e. The number of nitrogens with one attached hydrogen (secondary N) is 1. The summed E-state index contributed by atoms with van der Waals surface area (Å²) in [6.45, 7) is 0. The van der Waals surface area contributed by atoms with Gasteiger partial charge in [0.1, 0.15) is 17.2 Å². The lowest BCUT2D eigenvalue weighted by molar-refractivity contribution is -0.141. The molecule has 3 aromatic rings. The molecule has 1 aromatic carbocycles. The summed E-state index contributed by atoms with van der Waals surface area (Å²) in [6.07, 6.45) is -4.96. The number of rotatable bonds is 5. The number of carbonyl (C=O) groups excluding carboxylic acids is 1. The molecule has 0 spiro atoms. The third kappa shape index (κ3) is 5.46. The van der Waals surface area contributed by atoms with Gasteiger partial charge < -0.3 is 10.1 Å². The molecular formula is C17H10ClF4N5O4S. The first-order chi connectivity index (χ1) is 14.8. The number of carbonyl (C=O) groups is 1. The van der Waals surface area contributed by atoms with Crippen LogP contribution in [0, 0.1) is 5.82 Å². The van der Waals surface area contributed by atoms with E-state index in [1.54, 1.807) is 0 Å². The molecule has 2 heterocycles. The van der Waals surface area contributed by atoms with Gasteiger partial charge in [0.05, 0.1) is 5.02 Å². The number of amides is 1. The van der Waals surface area contributed by atoms with Gasteiger partial charge in [-0.05, 0) is 30.3 Å². The van der Waals surface area contributed by atoms with Crippen LogP contribution in [0.5, 0.6) is 11.6 Å². The van der Waals surface area contributed by atoms with Gasteiger partial charge in [0.25, 0.3) is 21.8 Å². The van der Waals surface area contributed by atoms with Crippen LogP contribution in [-0.2, 0) is 16.2 Å². The molecule has 0 unspecified atom stereocenters. The molecule has 0 radical (unpaired) electrons. The summed E-state index contributed by atoms with van der Waals surface area (Å²) in [7, 11) is -4.22. The molecular weight excluding hydrogens is 482 g/mol. The number of nitrogens with zero attached hydrogens (tertiary/aromatic N) is 3. The number of hydrogen-bond acceptors (Lipinski definition) is 7. The Kier molecular flexibility index (Phi) is 6.29. The van der Waals surface area contributed by atoms with Crippen LogP contribution in [0.15, 0.2) is 47.5 Å². The van der Waals surface area contributed by atoms with E-state index < -0.39 is 50.1 Å². The summed E-state index contributed by atoms with van der Waals surface area (Å²) in [5, 5.41) is 12.6. The van der Waals surface area contributed by atoms with Crippen molar-refractivity contribution in [3.05, 3.63) is 64.6 Å². The summed E-state index contributed by atoms with van der Waals surface area (Å²) in [5.74, 6) is -3.41. The molecule has 0 aliphatic carbocycles. The van der Waals surface area contributed by atoms with Crippen molar-refractivity contribution in [2.24, 2.45) is 5.14 Å². The van der Waals surface area contributed by atoms with Crippen molar-refractivity contribution in [3.63, 3.8) is 0 Å². The highest BCUT2D eigenvalue weighted by molar-refractivity contribution is 7.89. The monoisotopic (exact) mass is 491 g/mol. The number of sulfonamides is 1. The fraction of sp³-hybridized carbons (Fsp3) is 0.0588. The molecule has 1 amide bonds. The molecule has 9 nitrogen and oxygen atoms in total. The molecule has 0 bridgehead atoms. The molecule has 0 aliphatic heterocycles. The van der Waals surface area contributed by atoms with Gasteiger partial charge >= 0.3 is 6.18 Å². The van der Waals surface area contributed by atoms with E-state index in [1.165, 1.54) is 6.07 Å². The van der Waals surface area contributed by atoms with E-state index in [9.17, 15) is 30.8 Å². The summed E-state index contributed by atoms with van der Waals surface area (Å²) in [6, 6.07) is 6.68. The van der Waals surface area contributed by atoms with Gasteiger partial charge in [0.2, 0.25) is 0 Å². The van der Waals surface area contributed by atoms with Crippen molar-refractivity contribution in [1.29, 1.82) is 0 Å². The molecule has 168 valence electrons. The van der Waals surface area contributed by atoms with Crippen LogP contribution >= 0.6 is 11.6 Å². The number of benzene rings is 1. The summed E-state index contributed by atoms with van der Waals surface area (Å²) in [4.78, 5) is 16.3. The van der Waals surface area contributed by atoms with Crippen LogP contribution in [0.4, 0.5) is 23.4 Å². The van der Waals surface area contributed by atoms with E-state index in [-0.39, 0.29) is 16.6 Å². The van der Waals surface area contributed by atoms with E-state index in [1.807, 2.05) is 0 Å². The number of ether oxygens (including phenoxy) is 1. The summed E-state index contributed by atoms with van der Waals surface area (Å²) in [5.41, 5.74) is -2.29. The zero-order chi connectivity index (χ0) is 23.7. The zero-order valence-electron chi connectivity index (χ0n) is 15.4. The van der Waals surface area contributed by atoms with Crippen molar-refractivity contribution in [2.75, 3.05) is 5.32 Å². The first kappa shape index (κ1) is 23.3. The predicted molar refractivity (Wildman–Crippen MR) is 102 cm³/mol. The number of pyridine rings is 1. The molecule has 3 N–H and O–H groups in total. The van der Waals surface area contributed by atoms with Gasteiger partial charge in [-0.2, -0.15) is 13.2 Å². The minimum atomic E-state index is -4.96. The number of primary sulfonamides is 1. The number of hydrogen-bond donors (Lipinski definition) is 2. The summed E-state index contributed by atoms with van der Waals surface area (Å²) >= 11 is 5.87. The molecule has 0 saturated carbocycles. The second-order valence-electron chi connectivity index (χ2n) is 5.98. The number of alkyl halides is 3. The van der Waals surface area contributed by atoms with Crippen LogP contribution in [-0.4, -0.2) is 29.5 Å². The highest BCUT2D eigenvalue weighted by Crippen LogP contribution is 2.33. The number of aromatic nitrogens is 3. The van der Waals surface area contributed by atoms with Gasteiger partial charge in [0, 0.05) is 6.07 Å². The van der Waals surface area contributed by atoms with Crippen LogP contribution < -0.4 is 15.2 Å². The maximum atomic E-state index is 13.5. The molecule has 32 heavy (non-hydrogen) atoms. The van der Waals surface area contributed by atoms with E-state index in [2.05, 4.69) is 20.5 Å². The van der Waals surface area contributed by atoms with Gasteiger partial charge in [-0.3, -0.25) is 4.79 Å². The lowest BCUT2D eigenvalue weighted by Crippen LogP contribution is -2.19. The molecule has 3 rings (SSSR count). The Morgan fingerprint density at radius 3 is 2.50 bits per heavy atom. The molecule has 0 fully saturated rings. The molecule has 0 saturated heterocycles. The van der Waals surface area contributed by atoms with Gasteiger partial charge in [-0.15, -0.1) is 10.2 Å². The largest absolute Gasteiger partial charge is 0.435 e. The van der Waals surface area contributed by atoms with Crippen LogP contribution in [0.25, 0.3) is 0 Å². The van der Waals surface area contributed by atoms with Crippen LogP contribution in [0.3, 0.4) is 0 Å². The van der Waals surface area contributed by atoms with E-state index in [0.717, 1.165) is 30.3 Å². The first-order valence-corrected chi connectivity index (χ1v) is 10.2. The van der Waals surface area contributed by atoms with E-state index >= 15 is 0 Å². The molecule has 2 aromatic heterocycles. The smallest absolute Gasteiger partial charge is 0.435 e. The molecule has 0 atom stereocenters. The Bertz CT molecular complexity index is 1300. The van der Waals surface area contributed by atoms with Crippen LogP contribution in [0.1, 0.15) is 16.1 Å². The van der Waals surface area contributed by atoms with Crippen molar-refractivity contribution in [3.8, 4) is 11.6 Å². The topological polar surface area (TPSA) is 137 Å². The Morgan fingerprint density at radius 2 is 1.84 bits per heavy atom. The molecule has 0 aliphatic rings. The number of nitrogens with two attached hydrogens (primary N) is 1. The van der Waals surface area contributed by atoms with Crippen molar-refractivity contribution in [2.45, 2.75) is 11.2 Å². The third-order valence-corrected chi connectivity index (χ3v) is 4.77. The first-order valence-electron chi connectivity index (χ1n) is 8.23.